The number of hydrogen-bond acceptors (Lipinski definition) is 3. The fourth-order valence-corrected chi connectivity index (χ4v) is 1.25. The van der Waals surface area contributed by atoms with Gasteiger partial charge in [0.25, 0.3) is 0 Å². The van der Waals surface area contributed by atoms with Crippen LogP contribution in [0.3, 0.4) is 0 Å². The van der Waals surface area contributed by atoms with Gasteiger partial charge in [0.05, 0.1) is 5.69 Å². The van der Waals surface area contributed by atoms with E-state index in [1.807, 2.05) is 19.1 Å². The third-order valence-electron chi connectivity index (χ3n) is 2.54. The fraction of sp³-hybridized carbons (Fsp3) is 0.455. The van der Waals surface area contributed by atoms with E-state index < -0.39 is 12.0 Å². The number of carbonyl (C=O) groups is 1. The second-order valence-corrected chi connectivity index (χ2v) is 3.70. The number of carboxylic acids is 1. The maximum atomic E-state index is 10.8. The molecule has 0 fully saturated rings. The number of hydrogen-bond donors (Lipinski definition) is 1. The summed E-state index contributed by atoms with van der Waals surface area (Å²) >= 11 is 0. The van der Waals surface area contributed by atoms with Crippen LogP contribution in [0.25, 0.3) is 0 Å². The molecule has 0 aliphatic heterocycles. The zero-order valence-corrected chi connectivity index (χ0v) is 9.27. The zero-order valence-electron chi connectivity index (χ0n) is 9.27. The first kappa shape index (κ1) is 11.7. The molecule has 1 unspecified atom stereocenters. The molecule has 4 nitrogen and oxygen atoms in total. The van der Waals surface area contributed by atoms with E-state index in [2.05, 4.69) is 4.98 Å². The van der Waals surface area contributed by atoms with Crippen LogP contribution in [0.5, 0.6) is 0 Å². The van der Waals surface area contributed by atoms with Gasteiger partial charge in [0.15, 0.2) is 0 Å². The lowest BCUT2D eigenvalue weighted by Crippen LogP contribution is -2.35. The number of aryl methyl sites for hydroxylation is 1. The SMILES string of the molecule is Cc1cccnc1CN(C)C(C)C(=O)O. The van der Waals surface area contributed by atoms with E-state index in [1.54, 1.807) is 25.1 Å². The van der Waals surface area contributed by atoms with Gasteiger partial charge in [0, 0.05) is 12.7 Å². The van der Waals surface area contributed by atoms with Crippen LogP contribution >= 0.6 is 0 Å². The lowest BCUT2D eigenvalue weighted by atomic mass is 10.2. The van der Waals surface area contributed by atoms with Crippen molar-refractivity contribution >= 4 is 5.97 Å². The van der Waals surface area contributed by atoms with Crippen LogP contribution in [0.2, 0.25) is 0 Å². The molecule has 0 aliphatic carbocycles. The molecule has 0 aliphatic rings. The summed E-state index contributed by atoms with van der Waals surface area (Å²) in [5.74, 6) is -0.814. The predicted octanol–water partition coefficient (Wildman–Crippen LogP) is 1.29. The van der Waals surface area contributed by atoms with E-state index in [0.29, 0.717) is 6.54 Å². The van der Waals surface area contributed by atoms with E-state index in [1.165, 1.54) is 0 Å². The summed E-state index contributed by atoms with van der Waals surface area (Å²) in [6, 6.07) is 3.35. The topological polar surface area (TPSA) is 53.4 Å². The third kappa shape index (κ3) is 3.02. The minimum atomic E-state index is -0.814. The number of carboxylic acid groups (broad SMARTS) is 1. The minimum Gasteiger partial charge on any atom is -0.480 e. The Morgan fingerprint density at radius 1 is 1.67 bits per heavy atom. The molecule has 0 spiro atoms. The van der Waals surface area contributed by atoms with E-state index in [-0.39, 0.29) is 0 Å². The highest BCUT2D eigenvalue weighted by atomic mass is 16.4. The largest absolute Gasteiger partial charge is 0.480 e. The molecule has 0 radical (unpaired) electrons. The van der Waals surface area contributed by atoms with Gasteiger partial charge in [-0.1, -0.05) is 6.07 Å². The molecule has 0 saturated carbocycles. The van der Waals surface area contributed by atoms with Crippen LogP contribution < -0.4 is 0 Å². The molecule has 0 bridgehead atoms. The standard InChI is InChI=1S/C11H16N2O2/c1-8-5-4-6-12-10(8)7-13(3)9(2)11(14)15/h4-6,9H,7H2,1-3H3,(H,14,15). The highest BCUT2D eigenvalue weighted by molar-refractivity contribution is 5.72. The summed E-state index contributed by atoms with van der Waals surface area (Å²) in [7, 11) is 1.78. The lowest BCUT2D eigenvalue weighted by molar-refractivity contribution is -0.142. The summed E-state index contributed by atoms with van der Waals surface area (Å²) in [5, 5.41) is 8.84. The molecule has 1 atom stereocenters. The van der Waals surface area contributed by atoms with Crippen LogP contribution in [-0.4, -0.2) is 34.0 Å². The number of pyridine rings is 1. The Morgan fingerprint density at radius 2 is 2.33 bits per heavy atom. The van der Waals surface area contributed by atoms with Crippen molar-refractivity contribution in [1.82, 2.24) is 9.88 Å². The van der Waals surface area contributed by atoms with Crippen molar-refractivity contribution < 1.29 is 9.90 Å². The van der Waals surface area contributed by atoms with E-state index >= 15 is 0 Å². The maximum Gasteiger partial charge on any atom is 0.320 e. The number of aromatic nitrogens is 1. The first-order valence-corrected chi connectivity index (χ1v) is 4.86. The van der Waals surface area contributed by atoms with Crippen molar-refractivity contribution in [2.45, 2.75) is 26.4 Å². The van der Waals surface area contributed by atoms with Crippen molar-refractivity contribution in [2.75, 3.05) is 7.05 Å². The summed E-state index contributed by atoms with van der Waals surface area (Å²) in [6.45, 7) is 4.20. The molecule has 1 aromatic rings. The predicted molar refractivity (Wildman–Crippen MR) is 57.5 cm³/mol. The molecule has 82 valence electrons. The molecular weight excluding hydrogens is 192 g/mol. The number of nitrogens with zero attached hydrogens (tertiary/aromatic N) is 2. The number of rotatable bonds is 4. The summed E-state index contributed by atoms with van der Waals surface area (Å²) < 4.78 is 0. The monoisotopic (exact) mass is 208 g/mol. The Bertz CT molecular complexity index is 352. The quantitative estimate of drug-likeness (QED) is 0.810. The molecule has 0 saturated heterocycles. The van der Waals surface area contributed by atoms with E-state index in [4.69, 9.17) is 5.11 Å². The molecular formula is C11H16N2O2. The third-order valence-corrected chi connectivity index (χ3v) is 2.54. The van der Waals surface area contributed by atoms with Crippen LogP contribution in [0, 0.1) is 6.92 Å². The van der Waals surface area contributed by atoms with Crippen molar-refractivity contribution in [3.8, 4) is 0 Å². The zero-order chi connectivity index (χ0) is 11.4. The van der Waals surface area contributed by atoms with Gasteiger partial charge >= 0.3 is 5.97 Å². The van der Waals surface area contributed by atoms with Gasteiger partial charge < -0.3 is 5.11 Å². The molecule has 0 aromatic carbocycles. The summed E-state index contributed by atoms with van der Waals surface area (Å²) in [6.07, 6.45) is 1.72. The first-order valence-electron chi connectivity index (χ1n) is 4.86. The van der Waals surface area contributed by atoms with Crippen LogP contribution in [0.15, 0.2) is 18.3 Å². The summed E-state index contributed by atoms with van der Waals surface area (Å²) in [4.78, 5) is 16.7. The van der Waals surface area contributed by atoms with E-state index in [0.717, 1.165) is 11.3 Å². The van der Waals surface area contributed by atoms with Crippen LogP contribution in [0.4, 0.5) is 0 Å². The van der Waals surface area contributed by atoms with Crippen LogP contribution in [-0.2, 0) is 11.3 Å². The normalized spacial score (nSPS) is 12.8. The van der Waals surface area contributed by atoms with Gasteiger partial charge in [0.1, 0.15) is 6.04 Å². The molecule has 1 heterocycles. The Balaban J connectivity index is 2.70. The minimum absolute atomic E-state index is 0.494. The highest BCUT2D eigenvalue weighted by Crippen LogP contribution is 2.08. The molecule has 1 aromatic heterocycles. The van der Waals surface area contributed by atoms with Gasteiger partial charge in [-0.3, -0.25) is 14.7 Å². The lowest BCUT2D eigenvalue weighted by Gasteiger charge is -2.21. The van der Waals surface area contributed by atoms with Gasteiger partial charge in [-0.2, -0.15) is 0 Å². The molecule has 4 heteroatoms. The molecule has 1 N–H and O–H groups in total. The van der Waals surface area contributed by atoms with Crippen molar-refractivity contribution in [2.24, 2.45) is 0 Å². The van der Waals surface area contributed by atoms with Gasteiger partial charge in [-0.25, -0.2) is 0 Å². The molecule has 0 amide bonds. The van der Waals surface area contributed by atoms with Crippen molar-refractivity contribution in [3.63, 3.8) is 0 Å². The van der Waals surface area contributed by atoms with Crippen molar-refractivity contribution in [1.29, 1.82) is 0 Å². The average Bonchev–Trinajstić information content (AvgIpc) is 2.20. The fourth-order valence-electron chi connectivity index (χ4n) is 1.25. The summed E-state index contributed by atoms with van der Waals surface area (Å²) in [5.41, 5.74) is 2.01. The van der Waals surface area contributed by atoms with Gasteiger partial charge in [-0.05, 0) is 32.5 Å². The molecule has 1 rings (SSSR count). The Kier molecular flexibility index (Phi) is 3.80. The maximum absolute atomic E-state index is 10.8. The van der Waals surface area contributed by atoms with Gasteiger partial charge in [-0.15, -0.1) is 0 Å². The Labute approximate surface area is 89.6 Å². The number of aliphatic carboxylic acids is 1. The van der Waals surface area contributed by atoms with Gasteiger partial charge in [0.2, 0.25) is 0 Å². The average molecular weight is 208 g/mol. The highest BCUT2D eigenvalue weighted by Gasteiger charge is 2.17. The Hall–Kier alpha value is -1.42. The van der Waals surface area contributed by atoms with Crippen molar-refractivity contribution in [3.05, 3.63) is 29.6 Å². The second-order valence-electron chi connectivity index (χ2n) is 3.70. The molecule has 15 heavy (non-hydrogen) atoms. The first-order chi connectivity index (χ1) is 7.02. The Morgan fingerprint density at radius 3 is 2.87 bits per heavy atom. The second kappa shape index (κ2) is 4.89. The van der Waals surface area contributed by atoms with E-state index in [9.17, 15) is 4.79 Å². The van der Waals surface area contributed by atoms with Crippen LogP contribution in [0.1, 0.15) is 18.2 Å². The number of likely N-dealkylation sites (N-methyl/N-ethyl adjacent to an activating group) is 1. The smallest absolute Gasteiger partial charge is 0.320 e.